The average Bonchev–Trinajstić information content (AvgIpc) is 2.65. The Morgan fingerprint density at radius 1 is 0.920 bits per heavy atom. The van der Waals surface area contributed by atoms with E-state index in [4.69, 9.17) is 9.47 Å². The summed E-state index contributed by atoms with van der Waals surface area (Å²) in [5.74, 6) is 1.65. The van der Waals surface area contributed by atoms with Gasteiger partial charge in [0.2, 0.25) is 0 Å². The molecule has 0 aromatic heterocycles. The number of nitrogens with one attached hydrogen (secondary N) is 1. The lowest BCUT2D eigenvalue weighted by Crippen LogP contribution is -2.24. The second-order valence-corrected chi connectivity index (χ2v) is 5.81. The van der Waals surface area contributed by atoms with Crippen molar-refractivity contribution < 1.29 is 14.3 Å². The van der Waals surface area contributed by atoms with Crippen molar-refractivity contribution >= 4 is 5.91 Å². The Morgan fingerprint density at radius 3 is 2.20 bits per heavy atom. The summed E-state index contributed by atoms with van der Waals surface area (Å²) in [5.41, 5.74) is 1.90. The monoisotopic (exact) mass is 341 g/mol. The van der Waals surface area contributed by atoms with Gasteiger partial charge in [0.25, 0.3) is 5.91 Å². The first-order valence-corrected chi connectivity index (χ1v) is 8.95. The Kier molecular flexibility index (Phi) is 7.83. The van der Waals surface area contributed by atoms with Gasteiger partial charge in [0.1, 0.15) is 11.5 Å². The number of hydrogen-bond donors (Lipinski definition) is 1. The van der Waals surface area contributed by atoms with Gasteiger partial charge in [0.15, 0.2) is 0 Å². The SMILES string of the molecule is CCCOc1ccc(C(=O)NCCCc2ccc(OCC)cc2)cc1. The normalized spacial score (nSPS) is 10.3. The minimum absolute atomic E-state index is 0.0475. The fraction of sp³-hybridized carbons (Fsp3) is 0.381. The molecule has 1 N–H and O–H groups in total. The molecule has 1 amide bonds. The Morgan fingerprint density at radius 2 is 1.56 bits per heavy atom. The Bertz CT molecular complexity index is 635. The van der Waals surface area contributed by atoms with Crippen molar-refractivity contribution in [2.45, 2.75) is 33.1 Å². The molecule has 2 aromatic rings. The van der Waals surface area contributed by atoms with Crippen LogP contribution >= 0.6 is 0 Å². The maximum atomic E-state index is 12.1. The highest BCUT2D eigenvalue weighted by Gasteiger charge is 2.05. The molecule has 0 saturated heterocycles. The molecule has 4 nitrogen and oxygen atoms in total. The summed E-state index contributed by atoms with van der Waals surface area (Å²) >= 11 is 0. The molecule has 0 heterocycles. The highest BCUT2D eigenvalue weighted by molar-refractivity contribution is 5.94. The number of carbonyl (C=O) groups is 1. The second kappa shape index (κ2) is 10.4. The first-order chi connectivity index (χ1) is 12.2. The standard InChI is InChI=1S/C21H27NO3/c1-3-16-25-20-13-9-18(10-14-20)21(23)22-15-5-6-17-7-11-19(12-8-17)24-4-2/h7-14H,3-6,15-16H2,1-2H3,(H,22,23). The van der Waals surface area contributed by atoms with Crippen LogP contribution in [0.3, 0.4) is 0 Å². The predicted molar refractivity (Wildman–Crippen MR) is 100 cm³/mol. The van der Waals surface area contributed by atoms with Crippen molar-refractivity contribution in [1.82, 2.24) is 5.32 Å². The molecule has 0 aliphatic rings. The topological polar surface area (TPSA) is 47.6 Å². The summed E-state index contributed by atoms with van der Waals surface area (Å²) in [6, 6.07) is 15.4. The zero-order valence-electron chi connectivity index (χ0n) is 15.1. The molecule has 0 aliphatic carbocycles. The van der Waals surface area contributed by atoms with E-state index in [2.05, 4.69) is 24.4 Å². The van der Waals surface area contributed by atoms with Gasteiger partial charge in [-0.05, 0) is 68.1 Å². The van der Waals surface area contributed by atoms with Gasteiger partial charge in [0, 0.05) is 12.1 Å². The van der Waals surface area contributed by atoms with Crippen molar-refractivity contribution in [3.8, 4) is 11.5 Å². The van der Waals surface area contributed by atoms with Crippen LogP contribution in [0, 0.1) is 0 Å². The number of amides is 1. The van der Waals surface area contributed by atoms with E-state index < -0.39 is 0 Å². The number of rotatable bonds is 10. The van der Waals surface area contributed by atoms with Crippen LogP contribution in [0.1, 0.15) is 42.6 Å². The maximum Gasteiger partial charge on any atom is 0.251 e. The molecular weight excluding hydrogens is 314 g/mol. The van der Waals surface area contributed by atoms with Gasteiger partial charge in [-0.2, -0.15) is 0 Å². The molecule has 0 saturated carbocycles. The van der Waals surface area contributed by atoms with Crippen molar-refractivity contribution in [1.29, 1.82) is 0 Å². The summed E-state index contributed by atoms with van der Waals surface area (Å²) in [5, 5.41) is 2.96. The molecule has 0 fully saturated rings. The van der Waals surface area contributed by atoms with Crippen LogP contribution in [-0.4, -0.2) is 25.7 Å². The van der Waals surface area contributed by atoms with E-state index >= 15 is 0 Å². The summed E-state index contributed by atoms with van der Waals surface area (Å²) < 4.78 is 11.0. The zero-order chi connectivity index (χ0) is 17.9. The van der Waals surface area contributed by atoms with E-state index in [1.54, 1.807) is 12.1 Å². The van der Waals surface area contributed by atoms with Gasteiger partial charge in [-0.3, -0.25) is 4.79 Å². The van der Waals surface area contributed by atoms with Crippen LogP contribution in [0.4, 0.5) is 0 Å². The van der Waals surface area contributed by atoms with Gasteiger partial charge in [0.05, 0.1) is 13.2 Å². The van der Waals surface area contributed by atoms with Crippen LogP contribution in [0.15, 0.2) is 48.5 Å². The second-order valence-electron chi connectivity index (χ2n) is 5.81. The number of hydrogen-bond acceptors (Lipinski definition) is 3. The van der Waals surface area contributed by atoms with Crippen molar-refractivity contribution in [2.75, 3.05) is 19.8 Å². The zero-order valence-corrected chi connectivity index (χ0v) is 15.1. The lowest BCUT2D eigenvalue weighted by Gasteiger charge is -2.08. The lowest BCUT2D eigenvalue weighted by molar-refractivity contribution is 0.0953. The minimum Gasteiger partial charge on any atom is -0.494 e. The first-order valence-electron chi connectivity index (χ1n) is 8.95. The summed E-state index contributed by atoms with van der Waals surface area (Å²) in [7, 11) is 0. The smallest absolute Gasteiger partial charge is 0.251 e. The van der Waals surface area contributed by atoms with Crippen LogP contribution < -0.4 is 14.8 Å². The highest BCUT2D eigenvalue weighted by atomic mass is 16.5. The van der Waals surface area contributed by atoms with E-state index in [-0.39, 0.29) is 5.91 Å². The van der Waals surface area contributed by atoms with Crippen molar-refractivity contribution in [3.05, 3.63) is 59.7 Å². The van der Waals surface area contributed by atoms with E-state index in [9.17, 15) is 4.79 Å². The van der Waals surface area contributed by atoms with Crippen LogP contribution in [0.5, 0.6) is 11.5 Å². The molecule has 0 spiro atoms. The highest BCUT2D eigenvalue weighted by Crippen LogP contribution is 2.14. The van der Waals surface area contributed by atoms with Crippen LogP contribution in [0.2, 0.25) is 0 Å². The Balaban J connectivity index is 1.71. The van der Waals surface area contributed by atoms with E-state index in [0.29, 0.717) is 25.3 Å². The molecule has 2 aromatic carbocycles. The quantitative estimate of drug-likeness (QED) is 0.658. The lowest BCUT2D eigenvalue weighted by atomic mass is 10.1. The van der Waals surface area contributed by atoms with Gasteiger partial charge < -0.3 is 14.8 Å². The molecule has 0 atom stereocenters. The molecule has 0 bridgehead atoms. The first kappa shape index (κ1) is 18.8. The predicted octanol–water partition coefficient (Wildman–Crippen LogP) is 4.24. The molecule has 2 rings (SSSR count). The van der Waals surface area contributed by atoms with Gasteiger partial charge in [-0.25, -0.2) is 0 Å². The van der Waals surface area contributed by atoms with E-state index in [0.717, 1.165) is 30.8 Å². The number of ether oxygens (including phenoxy) is 2. The fourth-order valence-electron chi connectivity index (χ4n) is 2.44. The van der Waals surface area contributed by atoms with E-state index in [1.807, 2.05) is 31.2 Å². The van der Waals surface area contributed by atoms with Gasteiger partial charge in [-0.15, -0.1) is 0 Å². The molecule has 0 unspecified atom stereocenters. The number of carbonyl (C=O) groups excluding carboxylic acids is 1. The third-order valence-electron chi connectivity index (χ3n) is 3.75. The molecule has 4 heteroatoms. The van der Waals surface area contributed by atoms with E-state index in [1.165, 1.54) is 5.56 Å². The van der Waals surface area contributed by atoms with Gasteiger partial charge in [-0.1, -0.05) is 19.1 Å². The van der Waals surface area contributed by atoms with Crippen LogP contribution in [0.25, 0.3) is 0 Å². The number of benzene rings is 2. The van der Waals surface area contributed by atoms with Crippen LogP contribution in [-0.2, 0) is 6.42 Å². The molecule has 134 valence electrons. The largest absolute Gasteiger partial charge is 0.494 e. The molecule has 0 aliphatic heterocycles. The molecular formula is C21H27NO3. The Labute approximate surface area is 150 Å². The average molecular weight is 341 g/mol. The molecule has 0 radical (unpaired) electrons. The summed E-state index contributed by atoms with van der Waals surface area (Å²) in [6.07, 6.45) is 2.80. The van der Waals surface area contributed by atoms with Crippen molar-refractivity contribution in [3.63, 3.8) is 0 Å². The summed E-state index contributed by atoms with van der Waals surface area (Å²) in [4.78, 5) is 12.1. The summed E-state index contributed by atoms with van der Waals surface area (Å²) in [6.45, 7) is 6.06. The molecule has 25 heavy (non-hydrogen) atoms. The third kappa shape index (κ3) is 6.49. The minimum atomic E-state index is -0.0475. The van der Waals surface area contributed by atoms with Crippen molar-refractivity contribution in [2.24, 2.45) is 0 Å². The van der Waals surface area contributed by atoms with Gasteiger partial charge >= 0.3 is 0 Å². The fourth-order valence-corrected chi connectivity index (χ4v) is 2.44. The number of aryl methyl sites for hydroxylation is 1. The maximum absolute atomic E-state index is 12.1. The Hall–Kier alpha value is -2.49. The third-order valence-corrected chi connectivity index (χ3v) is 3.75.